The molecule has 0 unspecified atom stereocenters. The highest BCUT2D eigenvalue weighted by atomic mass is 32.1. The first-order valence-corrected chi connectivity index (χ1v) is 8.08. The molecule has 1 aliphatic carbocycles. The summed E-state index contributed by atoms with van der Waals surface area (Å²) in [6, 6.07) is 4.86. The van der Waals surface area contributed by atoms with Gasteiger partial charge in [-0.2, -0.15) is 0 Å². The Balaban J connectivity index is 1.92. The van der Waals surface area contributed by atoms with E-state index in [2.05, 4.69) is 24.1 Å². The predicted molar refractivity (Wildman–Crippen MR) is 83.1 cm³/mol. The fourth-order valence-electron chi connectivity index (χ4n) is 2.26. The molecule has 1 aliphatic rings. The van der Waals surface area contributed by atoms with Crippen molar-refractivity contribution in [3.8, 4) is 16.3 Å². The number of hydrogen-bond donors (Lipinski definition) is 2. The van der Waals surface area contributed by atoms with E-state index >= 15 is 0 Å². The van der Waals surface area contributed by atoms with Gasteiger partial charge in [-0.05, 0) is 30.9 Å². The molecule has 5 heteroatoms. The van der Waals surface area contributed by atoms with E-state index in [1.807, 2.05) is 0 Å². The number of nitrogens with one attached hydrogen (secondary N) is 1. The molecule has 0 radical (unpaired) electrons. The third-order valence-corrected chi connectivity index (χ3v) is 4.69. The Bertz CT molecular complexity index is 650. The Kier molecular flexibility index (Phi) is 3.95. The van der Waals surface area contributed by atoms with Crippen molar-refractivity contribution < 1.29 is 9.50 Å². The van der Waals surface area contributed by atoms with E-state index in [0.717, 1.165) is 18.3 Å². The van der Waals surface area contributed by atoms with Gasteiger partial charge >= 0.3 is 0 Å². The Morgan fingerprint density at radius 2 is 2.19 bits per heavy atom. The molecule has 1 aromatic heterocycles. The number of phenolic OH excluding ortho intramolecular Hbond substituents is 1. The fourth-order valence-corrected chi connectivity index (χ4v) is 3.45. The number of halogens is 1. The zero-order valence-corrected chi connectivity index (χ0v) is 13.0. The lowest BCUT2D eigenvalue weighted by molar-refractivity contribution is 0.469. The summed E-state index contributed by atoms with van der Waals surface area (Å²) in [5.74, 6) is -0.181. The first-order chi connectivity index (χ1) is 10.0. The van der Waals surface area contributed by atoms with Crippen LogP contribution in [-0.2, 0) is 6.54 Å². The molecule has 2 aromatic rings. The molecular weight excluding hydrogens is 287 g/mol. The molecule has 0 aliphatic heterocycles. The van der Waals surface area contributed by atoms with Crippen LogP contribution in [-0.4, -0.2) is 16.1 Å². The molecule has 0 saturated heterocycles. The quantitative estimate of drug-likeness (QED) is 0.876. The van der Waals surface area contributed by atoms with Gasteiger partial charge in [0.1, 0.15) is 16.6 Å². The topological polar surface area (TPSA) is 45.2 Å². The van der Waals surface area contributed by atoms with Crippen LogP contribution in [0.4, 0.5) is 4.39 Å². The summed E-state index contributed by atoms with van der Waals surface area (Å²) < 4.78 is 14.0. The lowest BCUT2D eigenvalue weighted by Gasteiger charge is -2.05. The smallest absolute Gasteiger partial charge is 0.137 e. The Hall–Kier alpha value is -1.46. The van der Waals surface area contributed by atoms with E-state index in [0.29, 0.717) is 22.5 Å². The van der Waals surface area contributed by atoms with E-state index < -0.39 is 5.82 Å². The summed E-state index contributed by atoms with van der Waals surface area (Å²) >= 11 is 1.54. The van der Waals surface area contributed by atoms with Crippen LogP contribution in [0, 0.1) is 5.82 Å². The van der Waals surface area contributed by atoms with Gasteiger partial charge in [0.25, 0.3) is 0 Å². The van der Waals surface area contributed by atoms with Crippen molar-refractivity contribution in [2.24, 2.45) is 0 Å². The van der Waals surface area contributed by atoms with Crippen LogP contribution in [0.3, 0.4) is 0 Å². The third kappa shape index (κ3) is 3.24. The second kappa shape index (κ2) is 5.73. The van der Waals surface area contributed by atoms with Crippen molar-refractivity contribution in [1.29, 1.82) is 0 Å². The lowest BCUT2D eigenvalue weighted by Crippen LogP contribution is -2.15. The van der Waals surface area contributed by atoms with E-state index in [4.69, 9.17) is 0 Å². The molecule has 1 heterocycles. The van der Waals surface area contributed by atoms with Gasteiger partial charge in [0, 0.05) is 29.1 Å². The normalized spacial score (nSPS) is 14.9. The monoisotopic (exact) mass is 306 g/mol. The van der Waals surface area contributed by atoms with Crippen molar-refractivity contribution >= 4 is 11.3 Å². The molecule has 21 heavy (non-hydrogen) atoms. The van der Waals surface area contributed by atoms with Crippen molar-refractivity contribution in [2.75, 3.05) is 0 Å². The van der Waals surface area contributed by atoms with Crippen LogP contribution in [0.2, 0.25) is 0 Å². The van der Waals surface area contributed by atoms with Crippen molar-refractivity contribution in [2.45, 2.75) is 45.2 Å². The zero-order valence-electron chi connectivity index (χ0n) is 12.2. The standard InChI is InChI=1S/C16H19FN2OS/c1-9(2)15-14(8-18-10-3-4-10)21-16(19-15)12-6-5-11(20)7-13(12)17/h5-7,9-10,18,20H,3-4,8H2,1-2H3. The highest BCUT2D eigenvalue weighted by molar-refractivity contribution is 7.15. The van der Waals surface area contributed by atoms with Crippen LogP contribution in [0.25, 0.3) is 10.6 Å². The maximum Gasteiger partial charge on any atom is 0.137 e. The maximum absolute atomic E-state index is 14.0. The number of thiazole rings is 1. The SMILES string of the molecule is CC(C)c1nc(-c2ccc(O)cc2F)sc1CNC1CC1. The molecule has 1 saturated carbocycles. The van der Waals surface area contributed by atoms with Crippen molar-refractivity contribution in [3.63, 3.8) is 0 Å². The Morgan fingerprint density at radius 3 is 2.81 bits per heavy atom. The van der Waals surface area contributed by atoms with Gasteiger partial charge in [0.15, 0.2) is 0 Å². The molecular formula is C16H19FN2OS. The first kappa shape index (κ1) is 14.5. The summed E-state index contributed by atoms with van der Waals surface area (Å²) in [7, 11) is 0. The number of phenols is 1. The number of aromatic nitrogens is 1. The van der Waals surface area contributed by atoms with Crippen LogP contribution >= 0.6 is 11.3 Å². The molecule has 112 valence electrons. The van der Waals surface area contributed by atoms with Crippen LogP contribution in [0.5, 0.6) is 5.75 Å². The fraction of sp³-hybridized carbons (Fsp3) is 0.438. The summed E-state index contributed by atoms with van der Waals surface area (Å²) in [4.78, 5) is 5.81. The summed E-state index contributed by atoms with van der Waals surface area (Å²) in [5.41, 5.74) is 1.49. The number of rotatable bonds is 5. The minimum Gasteiger partial charge on any atom is -0.508 e. The summed E-state index contributed by atoms with van der Waals surface area (Å²) in [5, 5.41) is 13.5. The first-order valence-electron chi connectivity index (χ1n) is 7.26. The van der Waals surface area contributed by atoms with Gasteiger partial charge in [0.2, 0.25) is 0 Å². The Labute approximate surface area is 127 Å². The van der Waals surface area contributed by atoms with Gasteiger partial charge in [-0.3, -0.25) is 0 Å². The van der Waals surface area contributed by atoms with E-state index in [9.17, 15) is 9.50 Å². The minimum atomic E-state index is -0.430. The molecule has 2 N–H and O–H groups in total. The number of benzene rings is 1. The number of aromatic hydroxyl groups is 1. The second-order valence-corrected chi connectivity index (χ2v) is 6.89. The van der Waals surface area contributed by atoms with Gasteiger partial charge in [0.05, 0.1) is 5.69 Å². The maximum atomic E-state index is 14.0. The van der Waals surface area contributed by atoms with Crippen molar-refractivity contribution in [1.82, 2.24) is 10.3 Å². The third-order valence-electron chi connectivity index (χ3n) is 3.59. The van der Waals surface area contributed by atoms with Crippen molar-refractivity contribution in [3.05, 3.63) is 34.6 Å². The van der Waals surface area contributed by atoms with Gasteiger partial charge in [-0.1, -0.05) is 13.8 Å². The van der Waals surface area contributed by atoms with E-state index in [1.54, 1.807) is 6.07 Å². The lowest BCUT2D eigenvalue weighted by atomic mass is 10.1. The molecule has 0 amide bonds. The average Bonchev–Trinajstić information content (AvgIpc) is 3.15. The molecule has 1 fully saturated rings. The number of nitrogens with zero attached hydrogens (tertiary/aromatic N) is 1. The molecule has 1 aromatic carbocycles. The Morgan fingerprint density at radius 1 is 1.43 bits per heavy atom. The molecule has 0 atom stereocenters. The summed E-state index contributed by atoms with van der Waals surface area (Å²) in [6.07, 6.45) is 2.49. The average molecular weight is 306 g/mol. The highest BCUT2D eigenvalue weighted by Crippen LogP contribution is 2.34. The van der Waals surface area contributed by atoms with Gasteiger partial charge in [-0.25, -0.2) is 9.37 Å². The van der Waals surface area contributed by atoms with Crippen LogP contribution < -0.4 is 5.32 Å². The highest BCUT2D eigenvalue weighted by Gasteiger charge is 2.23. The van der Waals surface area contributed by atoms with Gasteiger partial charge in [-0.15, -0.1) is 11.3 Å². The molecule has 0 spiro atoms. The second-order valence-electron chi connectivity index (χ2n) is 5.80. The van der Waals surface area contributed by atoms with E-state index in [1.165, 1.54) is 35.1 Å². The molecule has 3 rings (SSSR count). The largest absolute Gasteiger partial charge is 0.508 e. The number of hydrogen-bond acceptors (Lipinski definition) is 4. The zero-order chi connectivity index (χ0) is 15.0. The molecule has 3 nitrogen and oxygen atoms in total. The van der Waals surface area contributed by atoms with Crippen LogP contribution in [0.1, 0.15) is 43.2 Å². The molecule has 0 bridgehead atoms. The predicted octanol–water partition coefficient (Wildman–Crippen LogP) is 4.03. The minimum absolute atomic E-state index is 0.0625. The van der Waals surface area contributed by atoms with Crippen LogP contribution in [0.15, 0.2) is 18.2 Å². The van der Waals surface area contributed by atoms with Gasteiger partial charge < -0.3 is 10.4 Å². The summed E-state index contributed by atoms with van der Waals surface area (Å²) in [6.45, 7) is 5.01. The van der Waals surface area contributed by atoms with E-state index in [-0.39, 0.29) is 5.75 Å².